The van der Waals surface area contributed by atoms with Crippen molar-refractivity contribution in [2.24, 2.45) is 0 Å². The van der Waals surface area contributed by atoms with Crippen LogP contribution in [0.4, 0.5) is 0 Å². The third kappa shape index (κ3) is 2.88. The van der Waals surface area contributed by atoms with Gasteiger partial charge in [-0.15, -0.1) is 0 Å². The summed E-state index contributed by atoms with van der Waals surface area (Å²) in [5, 5.41) is 0.0437. The lowest BCUT2D eigenvalue weighted by atomic mass is 10.2. The average Bonchev–Trinajstić information content (AvgIpc) is 2.05. The van der Waals surface area contributed by atoms with E-state index < -0.39 is 18.9 Å². The minimum Gasteiger partial charge on any atom is -0.224 e. The fraction of sp³-hybridized carbons (Fsp3) is 0.250. The zero-order chi connectivity index (χ0) is 12.7. The molecule has 90 valence electrons. The van der Waals surface area contributed by atoms with Gasteiger partial charge in [0.05, 0.1) is 9.79 Å². The van der Waals surface area contributed by atoms with Gasteiger partial charge in [0.2, 0.25) is 0 Å². The van der Waals surface area contributed by atoms with Crippen molar-refractivity contribution in [3.63, 3.8) is 0 Å². The first-order chi connectivity index (χ1) is 7.03. The Balaban J connectivity index is 3.72. The van der Waals surface area contributed by atoms with Crippen LogP contribution in [0.2, 0.25) is 5.02 Å². The molecule has 0 heterocycles. The van der Waals surface area contributed by atoms with Gasteiger partial charge in [0.15, 0.2) is 9.84 Å². The normalized spacial score (nSPS) is 12.8. The topological polar surface area (TPSA) is 68.3 Å². The molecule has 8 heteroatoms. The molecule has 0 aromatic heterocycles. The van der Waals surface area contributed by atoms with Gasteiger partial charge in [-0.25, -0.2) is 16.8 Å². The number of benzene rings is 1. The van der Waals surface area contributed by atoms with Crippen LogP contribution in [0.1, 0.15) is 5.56 Å². The Morgan fingerprint density at radius 1 is 1.12 bits per heavy atom. The van der Waals surface area contributed by atoms with Crippen molar-refractivity contribution in [2.45, 2.75) is 16.7 Å². The maximum Gasteiger partial charge on any atom is 0.261 e. The summed E-state index contributed by atoms with van der Waals surface area (Å²) in [6.07, 6.45) is 0.957. The minimum absolute atomic E-state index is 0.0437. The van der Waals surface area contributed by atoms with E-state index in [4.69, 9.17) is 22.3 Å². The monoisotopic (exact) mass is 302 g/mol. The number of hydrogen-bond acceptors (Lipinski definition) is 4. The summed E-state index contributed by atoms with van der Waals surface area (Å²) < 4.78 is 45.0. The van der Waals surface area contributed by atoms with Crippen LogP contribution in [0, 0.1) is 6.92 Å². The van der Waals surface area contributed by atoms with Gasteiger partial charge >= 0.3 is 0 Å². The first-order valence-corrected chi connectivity index (χ1v) is 8.56. The van der Waals surface area contributed by atoms with E-state index in [-0.39, 0.29) is 20.4 Å². The van der Waals surface area contributed by atoms with E-state index in [0.717, 1.165) is 12.3 Å². The molecular formula is C8H8Cl2O4S2. The summed E-state index contributed by atoms with van der Waals surface area (Å²) in [5.41, 5.74) is 0.226. The van der Waals surface area contributed by atoms with Crippen LogP contribution < -0.4 is 0 Å². The Morgan fingerprint density at radius 3 is 2.00 bits per heavy atom. The molecule has 1 rings (SSSR count). The molecule has 0 aliphatic rings. The van der Waals surface area contributed by atoms with Gasteiger partial charge in [0.1, 0.15) is 0 Å². The number of halogens is 2. The summed E-state index contributed by atoms with van der Waals surface area (Å²) in [6.45, 7) is 1.45. The van der Waals surface area contributed by atoms with Crippen LogP contribution in [-0.4, -0.2) is 23.1 Å². The summed E-state index contributed by atoms with van der Waals surface area (Å²) in [5.74, 6) is 0. The van der Waals surface area contributed by atoms with Gasteiger partial charge in [-0.05, 0) is 24.6 Å². The predicted octanol–water partition coefficient (Wildman–Crippen LogP) is 1.98. The van der Waals surface area contributed by atoms with Crippen LogP contribution in [0.5, 0.6) is 0 Å². The van der Waals surface area contributed by atoms with E-state index >= 15 is 0 Å². The van der Waals surface area contributed by atoms with Crippen molar-refractivity contribution >= 4 is 41.2 Å². The standard InChI is InChI=1S/C8H8Cl2O4S2/c1-5-7(9)3-6(15(2,11)12)4-8(5)16(10,13)14/h3-4H,1-2H3. The van der Waals surface area contributed by atoms with E-state index in [1.54, 1.807) is 0 Å². The second kappa shape index (κ2) is 4.18. The maximum absolute atomic E-state index is 11.3. The molecule has 0 N–H and O–H groups in total. The molecule has 16 heavy (non-hydrogen) atoms. The van der Waals surface area contributed by atoms with Crippen LogP contribution in [0.15, 0.2) is 21.9 Å². The van der Waals surface area contributed by atoms with Crippen LogP contribution >= 0.6 is 22.3 Å². The number of sulfone groups is 1. The lowest BCUT2D eigenvalue weighted by molar-refractivity contribution is 0.601. The molecule has 0 amide bonds. The van der Waals surface area contributed by atoms with Crippen LogP contribution in [-0.2, 0) is 18.9 Å². The summed E-state index contributed by atoms with van der Waals surface area (Å²) >= 11 is 5.74. The maximum atomic E-state index is 11.3. The number of rotatable bonds is 2. The van der Waals surface area contributed by atoms with E-state index in [2.05, 4.69) is 0 Å². The molecule has 0 unspecified atom stereocenters. The van der Waals surface area contributed by atoms with E-state index in [0.29, 0.717) is 0 Å². The average molecular weight is 303 g/mol. The highest BCUT2D eigenvalue weighted by atomic mass is 35.7. The molecule has 0 atom stereocenters. The third-order valence-electron chi connectivity index (χ3n) is 1.96. The van der Waals surface area contributed by atoms with E-state index in [1.165, 1.54) is 13.0 Å². The first-order valence-electron chi connectivity index (χ1n) is 3.98. The fourth-order valence-electron chi connectivity index (χ4n) is 1.10. The Bertz CT molecular complexity index is 632. The van der Waals surface area contributed by atoms with Crippen LogP contribution in [0.3, 0.4) is 0 Å². The van der Waals surface area contributed by atoms with Crippen molar-refractivity contribution in [2.75, 3.05) is 6.26 Å². The fourth-order valence-corrected chi connectivity index (χ4v) is 3.40. The molecule has 0 spiro atoms. The Morgan fingerprint density at radius 2 is 1.62 bits per heavy atom. The summed E-state index contributed by atoms with van der Waals surface area (Å²) in [7, 11) is -2.37. The van der Waals surface area contributed by atoms with Gasteiger partial charge < -0.3 is 0 Å². The molecule has 1 aromatic rings. The molecule has 0 aliphatic carbocycles. The Kier molecular flexibility index (Phi) is 3.59. The lowest BCUT2D eigenvalue weighted by Crippen LogP contribution is -2.02. The zero-order valence-corrected chi connectivity index (χ0v) is 11.5. The third-order valence-corrected chi connectivity index (χ3v) is 4.89. The Hall–Kier alpha value is -0.300. The molecule has 0 radical (unpaired) electrons. The first kappa shape index (κ1) is 13.8. The van der Waals surface area contributed by atoms with Crippen molar-refractivity contribution < 1.29 is 16.8 Å². The van der Waals surface area contributed by atoms with E-state index in [9.17, 15) is 16.8 Å². The predicted molar refractivity (Wildman–Crippen MR) is 62.3 cm³/mol. The van der Waals surface area contributed by atoms with Crippen molar-refractivity contribution in [3.05, 3.63) is 22.7 Å². The van der Waals surface area contributed by atoms with Crippen molar-refractivity contribution in [1.29, 1.82) is 0 Å². The summed E-state index contributed by atoms with van der Waals surface area (Å²) in [6, 6.07) is 2.19. The molecular weight excluding hydrogens is 295 g/mol. The molecule has 0 saturated heterocycles. The molecule has 0 saturated carbocycles. The van der Waals surface area contributed by atoms with E-state index in [1.807, 2.05) is 0 Å². The van der Waals surface area contributed by atoms with Crippen molar-refractivity contribution in [1.82, 2.24) is 0 Å². The van der Waals surface area contributed by atoms with Gasteiger partial charge in [-0.2, -0.15) is 0 Å². The summed E-state index contributed by atoms with van der Waals surface area (Å²) in [4.78, 5) is -0.468. The number of hydrogen-bond donors (Lipinski definition) is 0. The van der Waals surface area contributed by atoms with Gasteiger partial charge in [-0.1, -0.05) is 11.6 Å². The molecule has 1 aromatic carbocycles. The highest BCUT2D eigenvalue weighted by Gasteiger charge is 2.20. The molecule has 0 bridgehead atoms. The molecule has 0 aliphatic heterocycles. The molecule has 4 nitrogen and oxygen atoms in total. The highest BCUT2D eigenvalue weighted by molar-refractivity contribution is 8.13. The minimum atomic E-state index is -4.02. The second-order valence-corrected chi connectivity index (χ2v) is 8.20. The lowest BCUT2D eigenvalue weighted by Gasteiger charge is -2.07. The SMILES string of the molecule is Cc1c(Cl)cc(S(C)(=O)=O)cc1S(=O)(=O)Cl. The smallest absolute Gasteiger partial charge is 0.224 e. The molecule has 0 fully saturated rings. The van der Waals surface area contributed by atoms with Gasteiger partial charge in [-0.3, -0.25) is 0 Å². The van der Waals surface area contributed by atoms with Crippen molar-refractivity contribution in [3.8, 4) is 0 Å². The van der Waals surface area contributed by atoms with Gasteiger partial charge in [0.25, 0.3) is 9.05 Å². The second-order valence-electron chi connectivity index (χ2n) is 3.24. The largest absolute Gasteiger partial charge is 0.261 e. The van der Waals surface area contributed by atoms with Gasteiger partial charge in [0, 0.05) is 22.0 Å². The zero-order valence-electron chi connectivity index (χ0n) is 8.36. The highest BCUT2D eigenvalue weighted by Crippen LogP contribution is 2.29. The van der Waals surface area contributed by atoms with Crippen LogP contribution in [0.25, 0.3) is 0 Å². The quantitative estimate of drug-likeness (QED) is 0.783. The Labute approximate surface area is 104 Å².